The number of nitrogens with zero attached hydrogens (tertiary/aromatic N) is 3. The normalized spacial score (nSPS) is 11.2. The highest BCUT2D eigenvalue weighted by molar-refractivity contribution is 7.92. The maximum atomic E-state index is 13.2. The number of hydrogen-bond acceptors (Lipinski definition) is 6. The molecule has 0 radical (unpaired) electrons. The Morgan fingerprint density at radius 3 is 2.52 bits per heavy atom. The molecular weight excluding hydrogens is 410 g/mol. The summed E-state index contributed by atoms with van der Waals surface area (Å²) in [6, 6.07) is 11.4. The highest BCUT2D eigenvalue weighted by Crippen LogP contribution is 2.31. The van der Waals surface area contributed by atoms with Crippen LogP contribution in [0.25, 0.3) is 0 Å². The summed E-state index contributed by atoms with van der Waals surface area (Å²) in [6.45, 7) is 1.77. The summed E-state index contributed by atoms with van der Waals surface area (Å²) in [7, 11) is 0.644. The topological polar surface area (TPSA) is 79.8 Å². The average molecular weight is 432 g/mol. The van der Waals surface area contributed by atoms with Gasteiger partial charge in [0, 0.05) is 31.2 Å². The molecule has 0 N–H and O–H groups in total. The van der Waals surface area contributed by atoms with Crippen LogP contribution in [0.4, 0.5) is 10.8 Å². The Hall–Kier alpha value is -2.91. The van der Waals surface area contributed by atoms with E-state index in [4.69, 9.17) is 4.74 Å². The van der Waals surface area contributed by atoms with Crippen LogP contribution >= 0.6 is 11.3 Å². The first-order chi connectivity index (χ1) is 13.8. The summed E-state index contributed by atoms with van der Waals surface area (Å²) in [5.74, 6) is 0.111. The Morgan fingerprint density at radius 1 is 1.14 bits per heavy atom. The number of aryl methyl sites for hydroxylation is 1. The SMILES string of the molecule is COc1ccccc1N(C)S(=O)(=O)c1ccc(C)c(C(=O)N(C)c2nccs2)c1. The molecule has 0 saturated heterocycles. The minimum absolute atomic E-state index is 0.0207. The van der Waals surface area contributed by atoms with Gasteiger partial charge in [-0.1, -0.05) is 18.2 Å². The number of rotatable bonds is 6. The largest absolute Gasteiger partial charge is 0.495 e. The van der Waals surface area contributed by atoms with Crippen molar-refractivity contribution in [3.05, 3.63) is 65.2 Å². The number of anilines is 2. The third kappa shape index (κ3) is 3.96. The van der Waals surface area contributed by atoms with Gasteiger partial charge in [0.2, 0.25) is 0 Å². The molecular formula is C20H21N3O4S2. The Bertz CT molecular complexity index is 1130. The van der Waals surface area contributed by atoms with Crippen LogP contribution in [0.3, 0.4) is 0 Å². The van der Waals surface area contributed by atoms with Crippen LogP contribution < -0.4 is 13.9 Å². The maximum Gasteiger partial charge on any atom is 0.264 e. The van der Waals surface area contributed by atoms with Crippen LogP contribution in [0, 0.1) is 6.92 Å². The van der Waals surface area contributed by atoms with Crippen molar-refractivity contribution in [3.8, 4) is 5.75 Å². The predicted molar refractivity (Wildman–Crippen MR) is 115 cm³/mol. The number of sulfonamides is 1. The second-order valence-electron chi connectivity index (χ2n) is 6.30. The van der Waals surface area contributed by atoms with Crippen LogP contribution in [0.5, 0.6) is 5.75 Å². The number of benzene rings is 2. The van der Waals surface area contributed by atoms with Crippen LogP contribution in [0.15, 0.2) is 58.9 Å². The Labute approximate surface area is 174 Å². The molecule has 3 rings (SSSR count). The van der Waals surface area contributed by atoms with Crippen LogP contribution in [0.1, 0.15) is 15.9 Å². The van der Waals surface area contributed by atoms with E-state index in [9.17, 15) is 13.2 Å². The van der Waals surface area contributed by atoms with Gasteiger partial charge in [-0.05, 0) is 36.8 Å². The lowest BCUT2D eigenvalue weighted by Crippen LogP contribution is -2.29. The van der Waals surface area contributed by atoms with Crippen molar-refractivity contribution in [3.63, 3.8) is 0 Å². The molecule has 0 fully saturated rings. The number of carbonyl (C=O) groups is 1. The van der Waals surface area contributed by atoms with Gasteiger partial charge in [0.05, 0.1) is 17.7 Å². The zero-order valence-corrected chi connectivity index (χ0v) is 18.1. The number of amides is 1. The summed E-state index contributed by atoms with van der Waals surface area (Å²) in [6.07, 6.45) is 1.61. The summed E-state index contributed by atoms with van der Waals surface area (Å²) in [4.78, 5) is 18.5. The van der Waals surface area contributed by atoms with E-state index in [0.29, 0.717) is 27.7 Å². The van der Waals surface area contributed by atoms with Crippen molar-refractivity contribution in [1.82, 2.24) is 4.98 Å². The second-order valence-corrected chi connectivity index (χ2v) is 9.14. The van der Waals surface area contributed by atoms with Crippen LogP contribution in [0.2, 0.25) is 0 Å². The van der Waals surface area contributed by atoms with E-state index >= 15 is 0 Å². The monoisotopic (exact) mass is 431 g/mol. The van der Waals surface area contributed by atoms with Crippen molar-refractivity contribution in [2.24, 2.45) is 0 Å². The van der Waals surface area contributed by atoms with Crippen LogP contribution in [-0.4, -0.2) is 40.5 Å². The minimum Gasteiger partial charge on any atom is -0.495 e. The minimum atomic E-state index is -3.91. The van der Waals surface area contributed by atoms with Gasteiger partial charge in [0.15, 0.2) is 5.13 Å². The van der Waals surface area contributed by atoms with E-state index < -0.39 is 10.0 Å². The number of carbonyl (C=O) groups excluding carboxylic acids is 1. The highest BCUT2D eigenvalue weighted by Gasteiger charge is 2.26. The lowest BCUT2D eigenvalue weighted by molar-refractivity contribution is 0.0992. The molecule has 0 atom stereocenters. The fraction of sp³-hybridized carbons (Fsp3) is 0.200. The van der Waals surface area contributed by atoms with Crippen molar-refractivity contribution in [2.75, 3.05) is 30.4 Å². The fourth-order valence-electron chi connectivity index (χ4n) is 2.82. The lowest BCUT2D eigenvalue weighted by atomic mass is 10.1. The molecule has 0 aliphatic carbocycles. The Morgan fingerprint density at radius 2 is 1.86 bits per heavy atom. The molecule has 9 heteroatoms. The van der Waals surface area contributed by atoms with Gasteiger partial charge >= 0.3 is 0 Å². The van der Waals surface area contributed by atoms with Crippen molar-refractivity contribution < 1.29 is 17.9 Å². The summed E-state index contributed by atoms with van der Waals surface area (Å²) >= 11 is 1.33. The van der Waals surface area contributed by atoms with E-state index in [0.717, 1.165) is 4.31 Å². The zero-order valence-electron chi connectivity index (χ0n) is 16.5. The smallest absolute Gasteiger partial charge is 0.264 e. The molecule has 0 saturated carbocycles. The number of para-hydroxylation sites is 2. The van der Waals surface area contributed by atoms with Gasteiger partial charge in [0.25, 0.3) is 15.9 Å². The van der Waals surface area contributed by atoms with E-state index in [1.807, 2.05) is 0 Å². The van der Waals surface area contributed by atoms with Gasteiger partial charge < -0.3 is 4.74 Å². The molecule has 1 aromatic heterocycles. The average Bonchev–Trinajstić information content (AvgIpc) is 3.27. The second kappa shape index (κ2) is 8.22. The molecule has 0 unspecified atom stereocenters. The molecule has 29 heavy (non-hydrogen) atoms. The Kier molecular flexibility index (Phi) is 5.90. The first kappa shape index (κ1) is 20.8. The van der Waals surface area contributed by atoms with Gasteiger partial charge in [0.1, 0.15) is 5.75 Å². The summed E-state index contributed by atoms with van der Waals surface area (Å²) in [5, 5.41) is 2.31. The standard InChI is InChI=1S/C20H21N3O4S2/c1-14-9-10-15(13-16(14)19(24)22(2)20-21-11-12-28-20)29(25,26)23(3)17-7-5-6-8-18(17)27-4/h5-13H,1-4H3. The molecule has 7 nitrogen and oxygen atoms in total. The first-order valence-corrected chi connectivity index (χ1v) is 11.0. The molecule has 0 bridgehead atoms. The van der Waals surface area contributed by atoms with Crippen molar-refractivity contribution in [1.29, 1.82) is 0 Å². The quantitative estimate of drug-likeness (QED) is 0.596. The molecule has 1 heterocycles. The molecule has 0 aliphatic rings. The molecule has 152 valence electrons. The Balaban J connectivity index is 2.01. The molecule has 3 aromatic rings. The van der Waals surface area contributed by atoms with Gasteiger partial charge in [-0.2, -0.15) is 0 Å². The maximum absolute atomic E-state index is 13.2. The van der Waals surface area contributed by atoms with E-state index in [2.05, 4.69) is 4.98 Å². The van der Waals surface area contributed by atoms with Crippen molar-refractivity contribution >= 4 is 38.1 Å². The molecule has 2 aromatic carbocycles. The lowest BCUT2D eigenvalue weighted by Gasteiger charge is -2.22. The first-order valence-electron chi connectivity index (χ1n) is 8.67. The summed E-state index contributed by atoms with van der Waals surface area (Å²) < 4.78 is 32.9. The third-order valence-corrected chi connectivity index (χ3v) is 7.15. The molecule has 0 spiro atoms. The van der Waals surface area contributed by atoms with Gasteiger partial charge in [-0.3, -0.25) is 14.0 Å². The number of methoxy groups -OCH3 is 1. The van der Waals surface area contributed by atoms with E-state index in [1.54, 1.807) is 55.9 Å². The number of hydrogen-bond donors (Lipinski definition) is 0. The number of aromatic nitrogens is 1. The van der Waals surface area contributed by atoms with Gasteiger partial charge in [-0.25, -0.2) is 13.4 Å². The summed E-state index contributed by atoms with van der Waals surface area (Å²) in [5.41, 5.74) is 1.39. The van der Waals surface area contributed by atoms with E-state index in [-0.39, 0.29) is 10.8 Å². The van der Waals surface area contributed by atoms with Crippen LogP contribution in [-0.2, 0) is 10.0 Å². The van der Waals surface area contributed by atoms with E-state index in [1.165, 1.54) is 42.5 Å². The van der Waals surface area contributed by atoms with Gasteiger partial charge in [-0.15, -0.1) is 11.3 Å². The molecule has 1 amide bonds. The number of ether oxygens (including phenoxy) is 1. The predicted octanol–water partition coefficient (Wildman–Crippen LogP) is 3.56. The molecule has 0 aliphatic heterocycles. The zero-order chi connectivity index (χ0) is 21.2. The highest BCUT2D eigenvalue weighted by atomic mass is 32.2. The van der Waals surface area contributed by atoms with Crippen molar-refractivity contribution in [2.45, 2.75) is 11.8 Å². The third-order valence-electron chi connectivity index (χ3n) is 4.53. The number of thiazole rings is 1. The fourth-order valence-corrected chi connectivity index (χ4v) is 4.66.